The number of piperidine rings is 1. The summed E-state index contributed by atoms with van der Waals surface area (Å²) in [6.07, 6.45) is 3.76. The Hall–Kier alpha value is -1.59. The van der Waals surface area contributed by atoms with Crippen molar-refractivity contribution in [2.45, 2.75) is 44.3 Å². The number of hydrogen-bond acceptors (Lipinski definition) is 3. The first-order chi connectivity index (χ1) is 10.7. The van der Waals surface area contributed by atoms with E-state index in [9.17, 15) is 9.59 Å². The number of likely N-dealkylation sites (tertiary alicyclic amines) is 1. The Kier molecular flexibility index (Phi) is 6.42. The van der Waals surface area contributed by atoms with E-state index in [4.69, 9.17) is 0 Å². The lowest BCUT2D eigenvalue weighted by molar-refractivity contribution is -0.133. The van der Waals surface area contributed by atoms with Crippen molar-refractivity contribution in [3.05, 3.63) is 35.9 Å². The Morgan fingerprint density at radius 1 is 1.22 bits per heavy atom. The number of nitrogens with zero attached hydrogens (tertiary/aromatic N) is 1. The average Bonchev–Trinajstić information content (AvgIpc) is 2.90. The minimum Gasteiger partial charge on any atom is -0.343 e. The summed E-state index contributed by atoms with van der Waals surface area (Å²) in [7, 11) is 0. The molecular weight excluding hydrogens is 314 g/mol. The molecule has 23 heavy (non-hydrogen) atoms. The minimum absolute atomic E-state index is 0. The SMILES string of the molecule is Cl.O=C(NC1CCN(Cc2ccccc2)C1=O)C1CCCCN1. The van der Waals surface area contributed by atoms with Gasteiger partial charge in [-0.3, -0.25) is 9.59 Å². The number of amides is 2. The molecule has 2 atom stereocenters. The molecule has 0 radical (unpaired) electrons. The zero-order valence-corrected chi connectivity index (χ0v) is 14.0. The molecule has 2 aliphatic heterocycles. The van der Waals surface area contributed by atoms with Crippen LogP contribution in [0.15, 0.2) is 30.3 Å². The van der Waals surface area contributed by atoms with E-state index in [1.54, 1.807) is 0 Å². The van der Waals surface area contributed by atoms with Crippen LogP contribution in [-0.4, -0.2) is 41.9 Å². The van der Waals surface area contributed by atoms with Gasteiger partial charge in [0.15, 0.2) is 0 Å². The van der Waals surface area contributed by atoms with E-state index >= 15 is 0 Å². The number of rotatable bonds is 4. The molecule has 0 saturated carbocycles. The van der Waals surface area contributed by atoms with E-state index < -0.39 is 0 Å². The summed E-state index contributed by atoms with van der Waals surface area (Å²) in [4.78, 5) is 26.5. The molecule has 2 unspecified atom stereocenters. The van der Waals surface area contributed by atoms with Crippen LogP contribution in [0.2, 0.25) is 0 Å². The van der Waals surface area contributed by atoms with Crippen LogP contribution in [0.3, 0.4) is 0 Å². The third-order valence-electron chi connectivity index (χ3n) is 4.46. The number of carbonyl (C=O) groups is 2. The largest absolute Gasteiger partial charge is 0.343 e. The number of benzene rings is 1. The molecule has 126 valence electrons. The third-order valence-corrected chi connectivity index (χ3v) is 4.46. The third kappa shape index (κ3) is 4.45. The van der Waals surface area contributed by atoms with Crippen molar-refractivity contribution in [1.82, 2.24) is 15.5 Å². The molecule has 0 bridgehead atoms. The molecule has 2 saturated heterocycles. The van der Waals surface area contributed by atoms with Gasteiger partial charge in [-0.15, -0.1) is 12.4 Å². The predicted octanol–water partition coefficient (Wildman–Crippen LogP) is 1.47. The van der Waals surface area contributed by atoms with E-state index in [0.717, 1.165) is 31.4 Å². The summed E-state index contributed by atoms with van der Waals surface area (Å²) in [5, 5.41) is 6.14. The van der Waals surface area contributed by atoms with Gasteiger partial charge in [-0.1, -0.05) is 36.8 Å². The highest BCUT2D eigenvalue weighted by atomic mass is 35.5. The lowest BCUT2D eigenvalue weighted by Crippen LogP contribution is -2.51. The molecule has 2 amide bonds. The van der Waals surface area contributed by atoms with Crippen LogP contribution in [0.5, 0.6) is 0 Å². The molecule has 0 aromatic heterocycles. The lowest BCUT2D eigenvalue weighted by Gasteiger charge is -2.24. The Bertz CT molecular complexity index is 532. The highest BCUT2D eigenvalue weighted by Gasteiger charge is 2.34. The Morgan fingerprint density at radius 2 is 2.00 bits per heavy atom. The first kappa shape index (κ1) is 17.8. The molecule has 0 aliphatic carbocycles. The predicted molar refractivity (Wildman–Crippen MR) is 91.3 cm³/mol. The monoisotopic (exact) mass is 337 g/mol. The molecule has 2 aliphatic rings. The average molecular weight is 338 g/mol. The maximum atomic E-state index is 12.4. The van der Waals surface area contributed by atoms with Gasteiger partial charge in [-0.2, -0.15) is 0 Å². The zero-order valence-electron chi connectivity index (χ0n) is 13.2. The number of carbonyl (C=O) groups excluding carboxylic acids is 2. The first-order valence-corrected chi connectivity index (χ1v) is 8.10. The van der Waals surface area contributed by atoms with Crippen molar-refractivity contribution < 1.29 is 9.59 Å². The second-order valence-corrected chi connectivity index (χ2v) is 6.10. The molecule has 1 aromatic rings. The van der Waals surface area contributed by atoms with Crippen molar-refractivity contribution >= 4 is 24.2 Å². The van der Waals surface area contributed by atoms with Gasteiger partial charge in [0.2, 0.25) is 11.8 Å². The summed E-state index contributed by atoms with van der Waals surface area (Å²) in [6, 6.07) is 9.46. The van der Waals surface area contributed by atoms with E-state index in [-0.39, 0.29) is 36.3 Å². The fourth-order valence-corrected chi connectivity index (χ4v) is 3.18. The lowest BCUT2D eigenvalue weighted by atomic mass is 10.0. The highest BCUT2D eigenvalue weighted by molar-refractivity contribution is 5.91. The minimum atomic E-state index is -0.361. The van der Waals surface area contributed by atoms with Gasteiger partial charge in [0.25, 0.3) is 0 Å². The van der Waals surface area contributed by atoms with E-state index in [1.165, 1.54) is 0 Å². The molecule has 5 nitrogen and oxygen atoms in total. The van der Waals surface area contributed by atoms with Crippen LogP contribution < -0.4 is 10.6 Å². The molecule has 1 aromatic carbocycles. The summed E-state index contributed by atoms with van der Waals surface area (Å²) in [5.74, 6) is 0.00706. The van der Waals surface area contributed by atoms with Crippen molar-refractivity contribution in [2.75, 3.05) is 13.1 Å². The first-order valence-electron chi connectivity index (χ1n) is 8.10. The van der Waals surface area contributed by atoms with E-state index in [0.29, 0.717) is 19.5 Å². The standard InChI is InChI=1S/C17H23N3O2.ClH/c21-16(14-8-4-5-10-18-14)19-15-9-11-20(17(15)22)12-13-6-2-1-3-7-13;/h1-3,6-7,14-15,18H,4-5,8-12H2,(H,19,21);1H. The summed E-state index contributed by atoms with van der Waals surface area (Å²) in [6.45, 7) is 2.21. The quantitative estimate of drug-likeness (QED) is 0.874. The van der Waals surface area contributed by atoms with Gasteiger partial charge in [-0.25, -0.2) is 0 Å². The summed E-state index contributed by atoms with van der Waals surface area (Å²) < 4.78 is 0. The van der Waals surface area contributed by atoms with Crippen molar-refractivity contribution in [3.63, 3.8) is 0 Å². The maximum absolute atomic E-state index is 12.4. The van der Waals surface area contributed by atoms with Crippen LogP contribution in [0.4, 0.5) is 0 Å². The van der Waals surface area contributed by atoms with Crippen LogP contribution >= 0.6 is 12.4 Å². The van der Waals surface area contributed by atoms with Gasteiger partial charge in [0.05, 0.1) is 6.04 Å². The summed E-state index contributed by atoms with van der Waals surface area (Å²) >= 11 is 0. The Labute approximate surface area is 143 Å². The Morgan fingerprint density at radius 3 is 2.70 bits per heavy atom. The highest BCUT2D eigenvalue weighted by Crippen LogP contribution is 2.16. The number of halogens is 1. The molecule has 2 N–H and O–H groups in total. The molecule has 6 heteroatoms. The van der Waals surface area contributed by atoms with Crippen molar-refractivity contribution in [2.24, 2.45) is 0 Å². The van der Waals surface area contributed by atoms with Crippen LogP contribution in [0, 0.1) is 0 Å². The molecule has 2 heterocycles. The second kappa shape index (κ2) is 8.31. The van der Waals surface area contributed by atoms with E-state index in [2.05, 4.69) is 10.6 Å². The van der Waals surface area contributed by atoms with Crippen molar-refractivity contribution in [3.8, 4) is 0 Å². The maximum Gasteiger partial charge on any atom is 0.245 e. The van der Waals surface area contributed by atoms with Gasteiger partial charge < -0.3 is 15.5 Å². The Balaban J connectivity index is 0.00000192. The number of nitrogens with one attached hydrogen (secondary N) is 2. The normalized spacial score (nSPS) is 24.2. The molecular formula is C17H24ClN3O2. The van der Waals surface area contributed by atoms with Crippen LogP contribution in [-0.2, 0) is 16.1 Å². The van der Waals surface area contributed by atoms with E-state index in [1.807, 2.05) is 35.2 Å². The molecule has 2 fully saturated rings. The summed E-state index contributed by atoms with van der Waals surface area (Å²) in [5.41, 5.74) is 1.12. The second-order valence-electron chi connectivity index (χ2n) is 6.10. The molecule has 0 spiro atoms. The topological polar surface area (TPSA) is 61.4 Å². The van der Waals surface area contributed by atoms with Gasteiger partial charge in [-0.05, 0) is 31.4 Å². The van der Waals surface area contributed by atoms with Gasteiger partial charge in [0.1, 0.15) is 6.04 Å². The fourth-order valence-electron chi connectivity index (χ4n) is 3.18. The van der Waals surface area contributed by atoms with Crippen LogP contribution in [0.25, 0.3) is 0 Å². The van der Waals surface area contributed by atoms with Gasteiger partial charge >= 0.3 is 0 Å². The van der Waals surface area contributed by atoms with Crippen molar-refractivity contribution in [1.29, 1.82) is 0 Å². The number of hydrogen-bond donors (Lipinski definition) is 2. The molecule has 3 rings (SSSR count). The fraction of sp³-hybridized carbons (Fsp3) is 0.529. The van der Waals surface area contributed by atoms with Gasteiger partial charge in [0, 0.05) is 13.1 Å². The zero-order chi connectivity index (χ0) is 15.4. The van der Waals surface area contributed by atoms with Crippen LogP contribution in [0.1, 0.15) is 31.2 Å². The smallest absolute Gasteiger partial charge is 0.245 e.